The molecule has 1 aliphatic carbocycles. The minimum atomic E-state index is 0.473. The van der Waals surface area contributed by atoms with Gasteiger partial charge in [-0.15, -0.1) is 0 Å². The van der Waals surface area contributed by atoms with E-state index in [1.165, 1.54) is 52.1 Å². The maximum atomic E-state index is 4.57. The first kappa shape index (κ1) is 25.8. The SMILES string of the molecule is C=C/C=C\C1=CC([NH+](C)CC(=NC)c2cccc(C)c2)CC=C1CC.CCCCC. The summed E-state index contributed by atoms with van der Waals surface area (Å²) in [7, 11) is 4.16. The summed E-state index contributed by atoms with van der Waals surface area (Å²) >= 11 is 0. The Labute approximate surface area is 185 Å². The van der Waals surface area contributed by atoms with Crippen molar-refractivity contribution in [1.82, 2.24) is 0 Å². The molecule has 2 unspecified atom stereocenters. The number of aryl methyl sites for hydroxylation is 1. The predicted octanol–water partition coefficient (Wildman–Crippen LogP) is 5.90. The van der Waals surface area contributed by atoms with Crippen LogP contribution in [0, 0.1) is 6.92 Å². The number of quaternary nitrogens is 1. The van der Waals surface area contributed by atoms with Gasteiger partial charge in [0.15, 0.2) is 0 Å². The lowest BCUT2D eigenvalue weighted by Crippen LogP contribution is -3.13. The van der Waals surface area contributed by atoms with Crippen LogP contribution in [0.2, 0.25) is 0 Å². The molecule has 0 radical (unpaired) electrons. The van der Waals surface area contributed by atoms with Crippen molar-refractivity contribution in [2.75, 3.05) is 20.6 Å². The quantitative estimate of drug-likeness (QED) is 0.387. The third-order valence-corrected chi connectivity index (χ3v) is 5.57. The van der Waals surface area contributed by atoms with Crippen molar-refractivity contribution in [1.29, 1.82) is 0 Å². The Hall–Kier alpha value is -2.19. The molecule has 0 aromatic heterocycles. The van der Waals surface area contributed by atoms with E-state index in [4.69, 9.17) is 0 Å². The predicted molar refractivity (Wildman–Crippen MR) is 135 cm³/mol. The highest BCUT2D eigenvalue weighted by Gasteiger charge is 2.22. The summed E-state index contributed by atoms with van der Waals surface area (Å²) in [5.41, 5.74) is 6.45. The van der Waals surface area contributed by atoms with Gasteiger partial charge in [0.05, 0.1) is 12.8 Å². The molecule has 0 heterocycles. The second-order valence-corrected chi connectivity index (χ2v) is 8.06. The Kier molecular flexibility index (Phi) is 12.7. The van der Waals surface area contributed by atoms with Crippen molar-refractivity contribution >= 4 is 5.71 Å². The molecule has 30 heavy (non-hydrogen) atoms. The monoisotopic (exact) mass is 407 g/mol. The maximum absolute atomic E-state index is 4.57. The summed E-state index contributed by atoms with van der Waals surface area (Å²) in [5, 5.41) is 0. The molecule has 0 saturated carbocycles. The van der Waals surface area contributed by atoms with Gasteiger partial charge in [-0.2, -0.15) is 0 Å². The fourth-order valence-corrected chi connectivity index (χ4v) is 3.69. The fraction of sp³-hybridized carbons (Fsp3) is 0.464. The topological polar surface area (TPSA) is 16.8 Å². The standard InChI is InChI=1S/C23H30N2.C5H12/c1-6-8-11-20-16-22(14-13-19(20)7-2)25(5)17-23(24-4)21-12-9-10-18(3)15-21;1-3-5-4-2/h6,8-13,15-16,22H,1,7,14,17H2,2-5H3;3-5H2,1-2H3/p+1/b11-8-,24-23?;. The van der Waals surface area contributed by atoms with Crippen molar-refractivity contribution in [3.63, 3.8) is 0 Å². The van der Waals surface area contributed by atoms with Gasteiger partial charge >= 0.3 is 0 Å². The highest BCUT2D eigenvalue weighted by molar-refractivity contribution is 6.01. The average Bonchev–Trinajstić information content (AvgIpc) is 2.76. The minimum Gasteiger partial charge on any atom is -0.326 e. The van der Waals surface area contributed by atoms with E-state index in [0.717, 1.165) is 19.4 Å². The second-order valence-electron chi connectivity index (χ2n) is 8.06. The molecule has 0 saturated heterocycles. The van der Waals surface area contributed by atoms with Crippen LogP contribution in [0.3, 0.4) is 0 Å². The largest absolute Gasteiger partial charge is 0.326 e. The molecule has 1 aromatic carbocycles. The van der Waals surface area contributed by atoms with Crippen molar-refractivity contribution in [2.24, 2.45) is 4.99 Å². The number of likely N-dealkylation sites (N-methyl/N-ethyl adjacent to an activating group) is 1. The molecular formula is C28H43N2+. The number of hydrogen-bond donors (Lipinski definition) is 1. The highest BCUT2D eigenvalue weighted by atomic mass is 15.1. The van der Waals surface area contributed by atoms with Gasteiger partial charge in [0, 0.05) is 19.0 Å². The molecule has 1 aromatic rings. The van der Waals surface area contributed by atoms with E-state index in [9.17, 15) is 0 Å². The number of nitrogens with one attached hydrogen (secondary N) is 1. The zero-order valence-electron chi connectivity index (χ0n) is 20.2. The molecule has 0 amide bonds. The van der Waals surface area contributed by atoms with Crippen molar-refractivity contribution < 1.29 is 4.90 Å². The molecule has 1 N–H and O–H groups in total. The molecule has 2 nitrogen and oxygen atoms in total. The van der Waals surface area contributed by atoms with Gasteiger partial charge in [-0.05, 0) is 36.6 Å². The Morgan fingerprint density at radius 3 is 2.50 bits per heavy atom. The van der Waals surface area contributed by atoms with Crippen LogP contribution in [0.25, 0.3) is 0 Å². The minimum absolute atomic E-state index is 0.473. The molecule has 2 rings (SSSR count). The summed E-state index contributed by atoms with van der Waals surface area (Å²) in [6.07, 6.45) is 17.1. The molecule has 1 aliphatic rings. The van der Waals surface area contributed by atoms with E-state index in [0.29, 0.717) is 6.04 Å². The third kappa shape index (κ3) is 8.67. The zero-order chi connectivity index (χ0) is 22.4. The average molecular weight is 408 g/mol. The molecule has 0 bridgehead atoms. The van der Waals surface area contributed by atoms with Gasteiger partial charge in [-0.25, -0.2) is 0 Å². The lowest BCUT2D eigenvalue weighted by Gasteiger charge is -2.26. The van der Waals surface area contributed by atoms with E-state index < -0.39 is 0 Å². The summed E-state index contributed by atoms with van der Waals surface area (Å²) in [6, 6.07) is 9.10. The number of benzene rings is 1. The van der Waals surface area contributed by atoms with Crippen molar-refractivity contribution in [3.8, 4) is 0 Å². The smallest absolute Gasteiger partial charge is 0.120 e. The van der Waals surface area contributed by atoms with E-state index in [-0.39, 0.29) is 0 Å². The normalized spacial score (nSPS) is 17.7. The zero-order valence-corrected chi connectivity index (χ0v) is 20.2. The lowest BCUT2D eigenvalue weighted by atomic mass is 9.92. The lowest BCUT2D eigenvalue weighted by molar-refractivity contribution is -0.889. The Bertz CT molecular complexity index is 763. The summed E-state index contributed by atoms with van der Waals surface area (Å²) < 4.78 is 0. The van der Waals surface area contributed by atoms with Gasteiger partial charge in [-0.1, -0.05) is 94.7 Å². The number of nitrogens with zero attached hydrogens (tertiary/aromatic N) is 1. The highest BCUT2D eigenvalue weighted by Crippen LogP contribution is 2.22. The van der Waals surface area contributed by atoms with Crippen LogP contribution < -0.4 is 4.90 Å². The Morgan fingerprint density at radius 2 is 1.97 bits per heavy atom. The Balaban J connectivity index is 0.000000804. The molecule has 2 heteroatoms. The molecule has 0 fully saturated rings. The maximum Gasteiger partial charge on any atom is 0.120 e. The molecule has 164 valence electrons. The summed E-state index contributed by atoms with van der Waals surface area (Å²) in [6.45, 7) is 13.5. The van der Waals surface area contributed by atoms with Gasteiger partial charge < -0.3 is 4.90 Å². The van der Waals surface area contributed by atoms with E-state index in [1.54, 1.807) is 0 Å². The van der Waals surface area contributed by atoms with Crippen LogP contribution in [0.1, 0.15) is 64.0 Å². The van der Waals surface area contributed by atoms with Crippen LogP contribution in [-0.4, -0.2) is 32.4 Å². The van der Waals surface area contributed by atoms with Crippen molar-refractivity contribution in [2.45, 2.75) is 65.8 Å². The Morgan fingerprint density at radius 1 is 1.23 bits per heavy atom. The second kappa shape index (κ2) is 14.7. The first-order valence-corrected chi connectivity index (χ1v) is 11.6. The van der Waals surface area contributed by atoms with Gasteiger partial charge in [-0.3, -0.25) is 4.99 Å². The first-order valence-electron chi connectivity index (χ1n) is 11.6. The fourth-order valence-electron chi connectivity index (χ4n) is 3.69. The summed E-state index contributed by atoms with van der Waals surface area (Å²) in [4.78, 5) is 6.04. The molecule has 2 atom stereocenters. The molecule has 0 aliphatic heterocycles. The number of allylic oxidation sites excluding steroid dienone is 5. The number of hydrogen-bond acceptors (Lipinski definition) is 1. The van der Waals surface area contributed by atoms with Gasteiger partial charge in [0.2, 0.25) is 0 Å². The van der Waals surface area contributed by atoms with Crippen LogP contribution in [0.4, 0.5) is 0 Å². The van der Waals surface area contributed by atoms with Crippen molar-refractivity contribution in [3.05, 3.63) is 83.5 Å². The number of aliphatic imine (C=N–C) groups is 1. The van der Waals surface area contributed by atoms with Crippen LogP contribution >= 0.6 is 0 Å². The van der Waals surface area contributed by atoms with Gasteiger partial charge in [0.25, 0.3) is 0 Å². The number of rotatable bonds is 9. The summed E-state index contributed by atoms with van der Waals surface area (Å²) in [5.74, 6) is 0. The van der Waals surface area contributed by atoms with Gasteiger partial charge in [0.1, 0.15) is 12.6 Å². The third-order valence-electron chi connectivity index (χ3n) is 5.57. The first-order chi connectivity index (χ1) is 14.5. The molecule has 0 spiro atoms. The van der Waals surface area contributed by atoms with E-state index >= 15 is 0 Å². The number of unbranched alkanes of at least 4 members (excludes halogenated alkanes) is 2. The van der Waals surface area contributed by atoms with Crippen LogP contribution in [-0.2, 0) is 0 Å². The van der Waals surface area contributed by atoms with E-state index in [1.807, 2.05) is 19.2 Å². The van der Waals surface area contributed by atoms with Crippen LogP contribution in [0.15, 0.2) is 77.4 Å². The molecular weight excluding hydrogens is 364 g/mol. The van der Waals surface area contributed by atoms with E-state index in [2.05, 4.69) is 88.8 Å². The van der Waals surface area contributed by atoms with Crippen LogP contribution in [0.5, 0.6) is 0 Å².